The van der Waals surface area contributed by atoms with E-state index in [0.29, 0.717) is 23.4 Å². The van der Waals surface area contributed by atoms with Gasteiger partial charge in [-0.05, 0) is 32.0 Å². The van der Waals surface area contributed by atoms with Crippen molar-refractivity contribution in [3.05, 3.63) is 65.7 Å². The summed E-state index contributed by atoms with van der Waals surface area (Å²) in [6.45, 7) is 3.52. The lowest BCUT2D eigenvalue weighted by Crippen LogP contribution is -2.46. The molecule has 0 aliphatic carbocycles. The molecule has 2 rings (SSSR count). The maximum absolute atomic E-state index is 12.4. The molecule has 7 heteroatoms. The van der Waals surface area contributed by atoms with E-state index in [-0.39, 0.29) is 12.5 Å². The quantitative estimate of drug-likeness (QED) is 0.646. The first-order chi connectivity index (χ1) is 13.5. The molecule has 1 atom stereocenters. The molecule has 0 radical (unpaired) electrons. The van der Waals surface area contributed by atoms with Crippen LogP contribution in [0.1, 0.15) is 29.8 Å². The zero-order valence-corrected chi connectivity index (χ0v) is 15.9. The minimum absolute atomic E-state index is 0.190. The molecule has 2 N–H and O–H groups in total. The smallest absolute Gasteiger partial charge is 0.339 e. The number of carbonyl (C=O) groups is 3. The van der Waals surface area contributed by atoms with Gasteiger partial charge in [-0.2, -0.15) is 0 Å². The molecule has 0 saturated heterocycles. The van der Waals surface area contributed by atoms with E-state index >= 15 is 0 Å². The van der Waals surface area contributed by atoms with Gasteiger partial charge in [0.1, 0.15) is 18.4 Å². The van der Waals surface area contributed by atoms with Gasteiger partial charge in [0.15, 0.2) is 6.61 Å². The van der Waals surface area contributed by atoms with Gasteiger partial charge in [-0.25, -0.2) is 4.79 Å². The number of carbonyl (C=O) groups excluding carboxylic acids is 3. The molecule has 0 fully saturated rings. The molecule has 0 spiro atoms. The second-order valence-electron chi connectivity index (χ2n) is 6.02. The molecule has 7 nitrogen and oxygen atoms in total. The van der Waals surface area contributed by atoms with Crippen molar-refractivity contribution in [3.63, 3.8) is 0 Å². The lowest BCUT2D eigenvalue weighted by molar-refractivity contribution is -0.130. The van der Waals surface area contributed by atoms with Crippen LogP contribution < -0.4 is 15.4 Å². The Morgan fingerprint density at radius 1 is 1.00 bits per heavy atom. The Kier molecular flexibility index (Phi) is 8.02. The van der Waals surface area contributed by atoms with E-state index in [0.717, 1.165) is 0 Å². The minimum Gasteiger partial charge on any atom is -0.489 e. The van der Waals surface area contributed by atoms with Crippen molar-refractivity contribution in [2.75, 3.05) is 13.2 Å². The van der Waals surface area contributed by atoms with E-state index in [1.165, 1.54) is 0 Å². The third kappa shape index (κ3) is 6.42. The van der Waals surface area contributed by atoms with E-state index < -0.39 is 24.5 Å². The van der Waals surface area contributed by atoms with Gasteiger partial charge in [-0.1, -0.05) is 36.4 Å². The molecule has 0 aliphatic heterocycles. The molecule has 0 aliphatic rings. The van der Waals surface area contributed by atoms with Crippen molar-refractivity contribution in [1.82, 2.24) is 10.6 Å². The fraction of sp³-hybridized carbons (Fsp3) is 0.286. The molecule has 148 valence electrons. The Bertz CT molecular complexity index is 807. The van der Waals surface area contributed by atoms with Gasteiger partial charge in [0.2, 0.25) is 5.91 Å². The van der Waals surface area contributed by atoms with Crippen LogP contribution in [0.15, 0.2) is 54.6 Å². The normalized spacial score (nSPS) is 11.2. The van der Waals surface area contributed by atoms with E-state index in [9.17, 15) is 14.4 Å². The monoisotopic (exact) mass is 384 g/mol. The summed E-state index contributed by atoms with van der Waals surface area (Å²) in [6.07, 6.45) is 0. The highest BCUT2D eigenvalue weighted by Gasteiger charge is 2.18. The molecule has 2 aromatic carbocycles. The van der Waals surface area contributed by atoms with Crippen LogP contribution in [0, 0.1) is 0 Å². The van der Waals surface area contributed by atoms with Gasteiger partial charge in [-0.3, -0.25) is 9.59 Å². The Hall–Kier alpha value is -3.35. The van der Waals surface area contributed by atoms with Crippen molar-refractivity contribution in [3.8, 4) is 5.75 Å². The number of hydrogen-bond acceptors (Lipinski definition) is 5. The second-order valence-corrected chi connectivity index (χ2v) is 6.02. The number of ether oxygens (including phenoxy) is 2. The van der Waals surface area contributed by atoms with Crippen molar-refractivity contribution >= 4 is 17.8 Å². The first kappa shape index (κ1) is 21.0. The standard InChI is InChI=1S/C21H24N2O5/c1-3-22-20(25)15(2)23-19(24)14-28-21(26)18-12-8-7-9-16(18)13-27-17-10-5-4-6-11-17/h4-12,15H,3,13-14H2,1-2H3,(H,22,25)(H,23,24)/t15-/m1/s1. The molecule has 2 amide bonds. The van der Waals surface area contributed by atoms with Gasteiger partial charge < -0.3 is 20.1 Å². The van der Waals surface area contributed by atoms with E-state index in [1.54, 1.807) is 38.1 Å². The van der Waals surface area contributed by atoms with E-state index in [1.807, 2.05) is 30.3 Å². The van der Waals surface area contributed by atoms with Gasteiger partial charge in [0.05, 0.1) is 5.56 Å². The Labute approximate surface area is 164 Å². The fourth-order valence-corrected chi connectivity index (χ4v) is 2.41. The minimum atomic E-state index is -0.710. The topological polar surface area (TPSA) is 93.7 Å². The third-order valence-electron chi connectivity index (χ3n) is 3.83. The van der Waals surface area contributed by atoms with Crippen molar-refractivity contribution < 1.29 is 23.9 Å². The number of rotatable bonds is 9. The zero-order chi connectivity index (χ0) is 20.4. The average Bonchev–Trinajstić information content (AvgIpc) is 2.71. The Morgan fingerprint density at radius 3 is 2.39 bits per heavy atom. The summed E-state index contributed by atoms with van der Waals surface area (Å²) in [5.41, 5.74) is 0.968. The number of esters is 1. The van der Waals surface area contributed by atoms with Crippen LogP contribution in [0.3, 0.4) is 0 Å². The first-order valence-electron chi connectivity index (χ1n) is 9.01. The lowest BCUT2D eigenvalue weighted by atomic mass is 10.1. The van der Waals surface area contributed by atoms with Gasteiger partial charge in [0, 0.05) is 12.1 Å². The fourth-order valence-electron chi connectivity index (χ4n) is 2.41. The van der Waals surface area contributed by atoms with Crippen LogP contribution in [0.25, 0.3) is 0 Å². The zero-order valence-electron chi connectivity index (χ0n) is 15.9. The van der Waals surface area contributed by atoms with Crippen molar-refractivity contribution in [1.29, 1.82) is 0 Å². The van der Waals surface area contributed by atoms with Crippen molar-refractivity contribution in [2.45, 2.75) is 26.5 Å². The van der Waals surface area contributed by atoms with Gasteiger partial charge >= 0.3 is 5.97 Å². The van der Waals surface area contributed by atoms with Crippen LogP contribution in [0.2, 0.25) is 0 Å². The molecular formula is C21H24N2O5. The maximum Gasteiger partial charge on any atom is 0.339 e. The van der Waals surface area contributed by atoms with Crippen LogP contribution in [-0.2, 0) is 20.9 Å². The molecule has 0 saturated carbocycles. The average molecular weight is 384 g/mol. The molecule has 0 aromatic heterocycles. The lowest BCUT2D eigenvalue weighted by Gasteiger charge is -2.14. The Balaban J connectivity index is 1.90. The summed E-state index contributed by atoms with van der Waals surface area (Å²) in [5.74, 6) is -0.798. The number of hydrogen-bond donors (Lipinski definition) is 2. The highest BCUT2D eigenvalue weighted by atomic mass is 16.5. The summed E-state index contributed by atoms with van der Waals surface area (Å²) >= 11 is 0. The van der Waals surface area contributed by atoms with Crippen LogP contribution >= 0.6 is 0 Å². The van der Waals surface area contributed by atoms with Gasteiger partial charge in [-0.15, -0.1) is 0 Å². The molecule has 0 bridgehead atoms. The summed E-state index contributed by atoms with van der Waals surface area (Å²) < 4.78 is 10.8. The number of benzene rings is 2. The highest BCUT2D eigenvalue weighted by molar-refractivity contribution is 5.93. The molecule has 0 unspecified atom stereocenters. The SMILES string of the molecule is CCNC(=O)[C@@H](C)NC(=O)COC(=O)c1ccccc1COc1ccccc1. The molecule has 28 heavy (non-hydrogen) atoms. The first-order valence-corrected chi connectivity index (χ1v) is 9.01. The largest absolute Gasteiger partial charge is 0.489 e. The van der Waals surface area contributed by atoms with Crippen LogP contribution in [0.4, 0.5) is 0 Å². The molecule has 0 heterocycles. The number of para-hydroxylation sites is 1. The van der Waals surface area contributed by atoms with Crippen LogP contribution in [-0.4, -0.2) is 37.0 Å². The van der Waals surface area contributed by atoms with Gasteiger partial charge in [0.25, 0.3) is 5.91 Å². The Morgan fingerprint density at radius 2 is 1.68 bits per heavy atom. The predicted molar refractivity (Wildman–Crippen MR) is 104 cm³/mol. The molecular weight excluding hydrogens is 360 g/mol. The maximum atomic E-state index is 12.4. The summed E-state index contributed by atoms with van der Waals surface area (Å²) in [4.78, 5) is 35.9. The second kappa shape index (κ2) is 10.7. The third-order valence-corrected chi connectivity index (χ3v) is 3.83. The predicted octanol–water partition coefficient (Wildman–Crippen LogP) is 2.06. The molecule has 2 aromatic rings. The van der Waals surface area contributed by atoms with E-state index in [4.69, 9.17) is 9.47 Å². The van der Waals surface area contributed by atoms with Crippen LogP contribution in [0.5, 0.6) is 5.75 Å². The number of likely N-dealkylation sites (N-methyl/N-ethyl adjacent to an activating group) is 1. The highest BCUT2D eigenvalue weighted by Crippen LogP contribution is 2.15. The van der Waals surface area contributed by atoms with Crippen molar-refractivity contribution in [2.24, 2.45) is 0 Å². The number of nitrogens with one attached hydrogen (secondary N) is 2. The number of amides is 2. The summed E-state index contributed by atoms with van der Waals surface area (Å²) in [6, 6.07) is 15.4. The summed E-state index contributed by atoms with van der Waals surface area (Å²) in [7, 11) is 0. The van der Waals surface area contributed by atoms with E-state index in [2.05, 4.69) is 10.6 Å². The summed E-state index contributed by atoms with van der Waals surface area (Å²) in [5, 5.41) is 5.08.